The number of amides is 1. The summed E-state index contributed by atoms with van der Waals surface area (Å²) in [7, 11) is 2.14. The van der Waals surface area contributed by atoms with Gasteiger partial charge in [-0.1, -0.05) is 6.92 Å². The zero-order valence-electron chi connectivity index (χ0n) is 13.4. The molecule has 2 bridgehead atoms. The molecule has 0 saturated carbocycles. The topological polar surface area (TPSA) is 35.6 Å². The molecule has 2 atom stereocenters. The van der Waals surface area contributed by atoms with Gasteiger partial charge in [0.25, 0.3) is 0 Å². The molecule has 3 rings (SSSR count). The molecule has 0 radical (unpaired) electrons. The number of hydrogen-bond donors (Lipinski definition) is 1. The molecule has 1 amide bonds. The fourth-order valence-electron chi connectivity index (χ4n) is 4.09. The van der Waals surface area contributed by atoms with Gasteiger partial charge in [-0.15, -0.1) is 12.4 Å². The van der Waals surface area contributed by atoms with Crippen LogP contribution in [0.2, 0.25) is 0 Å². The van der Waals surface area contributed by atoms with Crippen molar-refractivity contribution in [2.45, 2.75) is 63.6 Å². The van der Waals surface area contributed by atoms with E-state index in [1.807, 2.05) is 0 Å². The lowest BCUT2D eigenvalue weighted by Gasteiger charge is -2.37. The molecule has 1 N–H and O–H groups in total. The van der Waals surface area contributed by atoms with Crippen molar-refractivity contribution in [1.82, 2.24) is 15.1 Å². The number of piperidine rings is 2. The fraction of sp³-hybridized carbons (Fsp3) is 0.938. The maximum atomic E-state index is 12.4. The summed E-state index contributed by atoms with van der Waals surface area (Å²) in [6.45, 7) is 4.83. The molecule has 3 heterocycles. The summed E-state index contributed by atoms with van der Waals surface area (Å²) in [5.74, 6) is 1.13. The van der Waals surface area contributed by atoms with Crippen LogP contribution in [0.5, 0.6) is 0 Å². The minimum absolute atomic E-state index is 0. The van der Waals surface area contributed by atoms with E-state index in [1.165, 1.54) is 38.5 Å². The molecular weight excluding hydrogens is 286 g/mol. The van der Waals surface area contributed by atoms with Crippen molar-refractivity contribution in [2.24, 2.45) is 5.92 Å². The number of nitrogens with zero attached hydrogens (tertiary/aromatic N) is 2. The maximum Gasteiger partial charge on any atom is 0.236 e. The summed E-state index contributed by atoms with van der Waals surface area (Å²) in [4.78, 5) is 16.8. The molecule has 3 fully saturated rings. The number of likely N-dealkylation sites (N-methyl/N-ethyl adjacent to an activating group) is 1. The van der Waals surface area contributed by atoms with Crippen molar-refractivity contribution in [3.05, 3.63) is 0 Å². The second-order valence-corrected chi connectivity index (χ2v) is 7.24. The first kappa shape index (κ1) is 17.0. The molecule has 21 heavy (non-hydrogen) atoms. The van der Waals surface area contributed by atoms with E-state index in [-0.39, 0.29) is 12.4 Å². The van der Waals surface area contributed by atoms with Crippen molar-refractivity contribution >= 4 is 18.3 Å². The predicted octanol–water partition coefficient (Wildman–Crippen LogP) is 1.88. The second kappa shape index (κ2) is 7.30. The first-order chi connectivity index (χ1) is 9.61. The van der Waals surface area contributed by atoms with Gasteiger partial charge in [0.15, 0.2) is 0 Å². The van der Waals surface area contributed by atoms with Crippen LogP contribution >= 0.6 is 12.4 Å². The lowest BCUT2D eigenvalue weighted by molar-refractivity contribution is -0.134. The van der Waals surface area contributed by atoms with Crippen molar-refractivity contribution in [1.29, 1.82) is 0 Å². The third-order valence-corrected chi connectivity index (χ3v) is 5.59. The fourth-order valence-corrected chi connectivity index (χ4v) is 4.09. The summed E-state index contributed by atoms with van der Waals surface area (Å²) in [6.07, 6.45) is 7.44. The number of fused-ring (bicyclic) bond motifs is 2. The molecule has 122 valence electrons. The molecule has 0 aliphatic carbocycles. The lowest BCUT2D eigenvalue weighted by atomic mass is 9.98. The van der Waals surface area contributed by atoms with Gasteiger partial charge in [0.05, 0.1) is 6.54 Å². The SMILES string of the molecule is CC1CCN(C(=O)CN(C)C2CC3CCC(C2)N3)CC1.Cl. The average Bonchev–Trinajstić information content (AvgIpc) is 2.78. The Kier molecular flexibility index (Phi) is 5.92. The van der Waals surface area contributed by atoms with Gasteiger partial charge in [0.1, 0.15) is 0 Å². The Balaban J connectivity index is 0.00000161. The third kappa shape index (κ3) is 4.11. The lowest BCUT2D eigenvalue weighted by Crippen LogP contribution is -2.50. The molecule has 0 aromatic carbocycles. The Morgan fingerprint density at radius 2 is 1.71 bits per heavy atom. The summed E-state index contributed by atoms with van der Waals surface area (Å²) < 4.78 is 0. The van der Waals surface area contributed by atoms with Gasteiger partial charge in [0.2, 0.25) is 5.91 Å². The molecule has 0 aromatic heterocycles. The molecule has 3 aliphatic rings. The Hall–Kier alpha value is -0.320. The number of likely N-dealkylation sites (tertiary alicyclic amines) is 1. The van der Waals surface area contributed by atoms with Crippen LogP contribution in [0.1, 0.15) is 45.4 Å². The zero-order valence-corrected chi connectivity index (χ0v) is 14.2. The Labute approximate surface area is 135 Å². The first-order valence-electron chi connectivity index (χ1n) is 8.36. The van der Waals surface area contributed by atoms with Crippen LogP contribution in [0.4, 0.5) is 0 Å². The van der Waals surface area contributed by atoms with E-state index in [4.69, 9.17) is 0 Å². The van der Waals surface area contributed by atoms with Gasteiger partial charge < -0.3 is 10.2 Å². The summed E-state index contributed by atoms with van der Waals surface area (Å²) in [5.41, 5.74) is 0. The molecule has 4 nitrogen and oxygen atoms in total. The van der Waals surface area contributed by atoms with Crippen molar-refractivity contribution in [3.8, 4) is 0 Å². The smallest absolute Gasteiger partial charge is 0.236 e. The van der Waals surface area contributed by atoms with E-state index >= 15 is 0 Å². The molecular formula is C16H30ClN3O. The van der Waals surface area contributed by atoms with Crippen LogP contribution in [0.15, 0.2) is 0 Å². The van der Waals surface area contributed by atoms with Gasteiger partial charge in [-0.2, -0.15) is 0 Å². The van der Waals surface area contributed by atoms with E-state index in [9.17, 15) is 4.79 Å². The van der Waals surface area contributed by atoms with Gasteiger partial charge in [-0.3, -0.25) is 9.69 Å². The number of carbonyl (C=O) groups excluding carboxylic acids is 1. The summed E-state index contributed by atoms with van der Waals surface area (Å²) in [6, 6.07) is 2.00. The van der Waals surface area contributed by atoms with Gasteiger partial charge in [0, 0.05) is 31.2 Å². The van der Waals surface area contributed by atoms with E-state index in [1.54, 1.807) is 0 Å². The Morgan fingerprint density at radius 1 is 1.14 bits per heavy atom. The highest BCUT2D eigenvalue weighted by Crippen LogP contribution is 2.29. The number of rotatable bonds is 3. The van der Waals surface area contributed by atoms with Crippen molar-refractivity contribution in [2.75, 3.05) is 26.7 Å². The van der Waals surface area contributed by atoms with E-state index < -0.39 is 0 Å². The van der Waals surface area contributed by atoms with Crippen molar-refractivity contribution in [3.63, 3.8) is 0 Å². The highest BCUT2D eigenvalue weighted by atomic mass is 35.5. The van der Waals surface area contributed by atoms with Gasteiger partial charge in [-0.25, -0.2) is 0 Å². The quantitative estimate of drug-likeness (QED) is 0.864. The van der Waals surface area contributed by atoms with E-state index in [2.05, 4.69) is 29.1 Å². The third-order valence-electron chi connectivity index (χ3n) is 5.59. The second-order valence-electron chi connectivity index (χ2n) is 7.24. The van der Waals surface area contributed by atoms with Crippen LogP contribution in [0.3, 0.4) is 0 Å². The normalized spacial score (nSPS) is 33.1. The highest BCUT2D eigenvalue weighted by Gasteiger charge is 2.35. The molecule has 3 saturated heterocycles. The monoisotopic (exact) mass is 315 g/mol. The summed E-state index contributed by atoms with van der Waals surface area (Å²) in [5, 5.41) is 3.67. The molecule has 0 spiro atoms. The molecule has 5 heteroatoms. The summed E-state index contributed by atoms with van der Waals surface area (Å²) >= 11 is 0. The van der Waals surface area contributed by atoms with E-state index in [0.29, 0.717) is 30.6 Å². The van der Waals surface area contributed by atoms with Crippen molar-refractivity contribution < 1.29 is 4.79 Å². The van der Waals surface area contributed by atoms with Crippen LogP contribution in [0, 0.1) is 5.92 Å². The number of halogens is 1. The first-order valence-corrected chi connectivity index (χ1v) is 8.36. The minimum Gasteiger partial charge on any atom is -0.342 e. The van der Waals surface area contributed by atoms with Gasteiger partial charge >= 0.3 is 0 Å². The predicted molar refractivity (Wildman–Crippen MR) is 87.8 cm³/mol. The van der Waals surface area contributed by atoms with E-state index in [0.717, 1.165) is 19.0 Å². The molecule has 0 aromatic rings. The average molecular weight is 316 g/mol. The van der Waals surface area contributed by atoms with Crippen LogP contribution in [-0.2, 0) is 4.79 Å². The minimum atomic E-state index is 0. The standard InChI is InChI=1S/C16H29N3O.ClH/c1-12-5-7-19(8-6-12)16(20)11-18(2)15-9-13-3-4-14(10-15)17-13;/h12-15,17H,3-11H2,1-2H3;1H. The van der Waals surface area contributed by atoms with Gasteiger partial charge in [-0.05, 0) is 51.5 Å². The maximum absolute atomic E-state index is 12.4. The zero-order chi connectivity index (χ0) is 14.1. The van der Waals surface area contributed by atoms with Crippen LogP contribution in [0.25, 0.3) is 0 Å². The number of carbonyl (C=O) groups is 1. The van der Waals surface area contributed by atoms with Crippen LogP contribution in [-0.4, -0.2) is 60.5 Å². The Morgan fingerprint density at radius 3 is 2.29 bits per heavy atom. The Bertz CT molecular complexity index is 345. The molecule has 3 aliphatic heterocycles. The van der Waals surface area contributed by atoms with Crippen LogP contribution < -0.4 is 5.32 Å². The highest BCUT2D eigenvalue weighted by molar-refractivity contribution is 5.85. The molecule has 2 unspecified atom stereocenters. The largest absolute Gasteiger partial charge is 0.342 e. The number of hydrogen-bond acceptors (Lipinski definition) is 3. The number of nitrogens with one attached hydrogen (secondary N) is 1.